The topological polar surface area (TPSA) is 99.1 Å². The first-order valence-electron chi connectivity index (χ1n) is 12.5. The van der Waals surface area contributed by atoms with Crippen LogP contribution in [0.5, 0.6) is 11.5 Å². The molecule has 2 fully saturated rings. The van der Waals surface area contributed by atoms with Crippen molar-refractivity contribution in [1.82, 2.24) is 15.6 Å². The van der Waals surface area contributed by atoms with Crippen molar-refractivity contribution in [1.29, 1.82) is 5.41 Å². The van der Waals surface area contributed by atoms with E-state index >= 15 is 0 Å². The molecule has 3 aromatic rings. The maximum absolute atomic E-state index is 13.0. The lowest BCUT2D eigenvalue weighted by Crippen LogP contribution is -2.36. The second-order valence-corrected chi connectivity index (χ2v) is 9.93. The van der Waals surface area contributed by atoms with E-state index in [2.05, 4.69) is 20.9 Å². The Kier molecular flexibility index (Phi) is 6.49. The lowest BCUT2D eigenvalue weighted by molar-refractivity contribution is 0.0942. The summed E-state index contributed by atoms with van der Waals surface area (Å²) in [5, 5.41) is 17.7. The van der Waals surface area contributed by atoms with Gasteiger partial charge in [-0.15, -0.1) is 0 Å². The molecule has 0 bridgehead atoms. The van der Waals surface area contributed by atoms with E-state index in [4.69, 9.17) is 10.1 Å². The maximum Gasteiger partial charge on any atom is 0.251 e. The van der Waals surface area contributed by atoms with Crippen LogP contribution in [0.4, 0.5) is 5.69 Å². The van der Waals surface area contributed by atoms with Crippen molar-refractivity contribution < 1.29 is 9.53 Å². The zero-order valence-electron chi connectivity index (χ0n) is 21.1. The Morgan fingerprint density at radius 2 is 1.83 bits per heavy atom. The average molecular weight is 484 g/mol. The third kappa shape index (κ3) is 4.84. The van der Waals surface area contributed by atoms with Crippen molar-refractivity contribution >= 4 is 17.3 Å². The normalized spacial score (nSPS) is 17.9. The quantitative estimate of drug-likeness (QED) is 0.348. The highest BCUT2D eigenvalue weighted by atomic mass is 16.5. The Bertz CT molecular complexity index is 1310. The van der Waals surface area contributed by atoms with Crippen LogP contribution in [-0.2, 0) is 0 Å². The minimum atomic E-state index is 0.00782. The van der Waals surface area contributed by atoms with Gasteiger partial charge in [-0.05, 0) is 87.5 Å². The van der Waals surface area contributed by atoms with Crippen LogP contribution in [0.3, 0.4) is 0 Å². The number of aromatic nitrogens is 1. The first kappa shape index (κ1) is 24.0. The Hall–Kier alpha value is -3.71. The van der Waals surface area contributed by atoms with Gasteiger partial charge in [0.05, 0.1) is 5.69 Å². The highest BCUT2D eigenvalue weighted by molar-refractivity contribution is 6.01. The van der Waals surface area contributed by atoms with Crippen molar-refractivity contribution in [2.75, 3.05) is 25.5 Å². The third-order valence-corrected chi connectivity index (χ3v) is 7.49. The summed E-state index contributed by atoms with van der Waals surface area (Å²) >= 11 is 0. The summed E-state index contributed by atoms with van der Waals surface area (Å²) < 4.78 is 6.10. The van der Waals surface area contributed by atoms with Crippen LogP contribution in [0.2, 0.25) is 0 Å². The van der Waals surface area contributed by atoms with Gasteiger partial charge >= 0.3 is 0 Å². The number of pyridine rings is 1. The zero-order chi connectivity index (χ0) is 25.3. The lowest BCUT2D eigenvalue weighted by Gasteiger charge is -2.23. The third-order valence-electron chi connectivity index (χ3n) is 7.49. The van der Waals surface area contributed by atoms with Gasteiger partial charge in [-0.3, -0.25) is 9.78 Å². The van der Waals surface area contributed by atoms with Crippen LogP contribution >= 0.6 is 0 Å². The highest BCUT2D eigenvalue weighted by Crippen LogP contribution is 2.52. The second kappa shape index (κ2) is 9.74. The molecule has 5 rings (SSSR count). The van der Waals surface area contributed by atoms with Crippen molar-refractivity contribution in [3.8, 4) is 22.8 Å². The number of nitrogens with zero attached hydrogens (tertiary/aromatic N) is 1. The van der Waals surface area contributed by atoms with E-state index in [1.54, 1.807) is 13.1 Å². The van der Waals surface area contributed by atoms with Crippen LogP contribution < -0.4 is 20.7 Å². The Labute approximate surface area is 212 Å². The molecule has 7 heteroatoms. The molecule has 1 amide bonds. The highest BCUT2D eigenvalue weighted by Gasteiger charge is 2.54. The summed E-state index contributed by atoms with van der Waals surface area (Å²) in [7, 11) is 1.83. The molecule has 2 aliphatic rings. The molecule has 4 N–H and O–H groups in total. The van der Waals surface area contributed by atoms with Crippen molar-refractivity contribution in [2.45, 2.75) is 39.2 Å². The van der Waals surface area contributed by atoms with Crippen molar-refractivity contribution in [2.24, 2.45) is 5.41 Å². The number of benzene rings is 2. The number of ether oxygens (including phenoxy) is 1. The van der Waals surface area contributed by atoms with E-state index in [-0.39, 0.29) is 5.91 Å². The summed E-state index contributed by atoms with van der Waals surface area (Å²) in [6.07, 6.45) is 5.10. The summed E-state index contributed by atoms with van der Waals surface area (Å²) in [5.41, 5.74) is 5.83. The molecule has 1 aliphatic carbocycles. The van der Waals surface area contributed by atoms with Crippen LogP contribution in [-0.4, -0.2) is 42.8 Å². The van der Waals surface area contributed by atoms with Gasteiger partial charge in [0.25, 0.3) is 5.91 Å². The number of carbonyl (C=O) groups is 1. The van der Waals surface area contributed by atoms with Gasteiger partial charge in [-0.1, -0.05) is 6.07 Å². The fraction of sp³-hybridized carbons (Fsp3) is 0.345. The van der Waals surface area contributed by atoms with Crippen molar-refractivity contribution in [3.05, 3.63) is 71.4 Å². The van der Waals surface area contributed by atoms with Crippen LogP contribution in [0.15, 0.2) is 54.7 Å². The number of rotatable bonds is 7. The summed E-state index contributed by atoms with van der Waals surface area (Å²) in [4.78, 5) is 17.5. The van der Waals surface area contributed by atoms with E-state index in [0.29, 0.717) is 34.2 Å². The Morgan fingerprint density at radius 1 is 1.08 bits per heavy atom. The maximum atomic E-state index is 13.0. The van der Waals surface area contributed by atoms with Gasteiger partial charge < -0.3 is 26.1 Å². The standard InChI is InChI=1S/C29H33N5O2/c1-18-14-20(4-6-23(18)28(35)34-27-17-29(27)9-12-32-13-10-29)25-15-22(8-11-33-25)36-21-5-7-24(19(2)30)26(16-21)31-3/h4-8,11,14-16,27,30-32H,9-10,12-13,17H2,1-3H3,(H,34,35)/t27-/m1/s1. The zero-order valence-corrected chi connectivity index (χ0v) is 21.1. The molecule has 1 aromatic heterocycles. The first-order chi connectivity index (χ1) is 17.4. The van der Waals surface area contributed by atoms with Gasteiger partial charge in [0.15, 0.2) is 0 Å². The van der Waals surface area contributed by atoms with E-state index in [0.717, 1.165) is 60.4 Å². The number of hydrogen-bond acceptors (Lipinski definition) is 6. The molecular weight excluding hydrogens is 450 g/mol. The molecule has 1 aliphatic heterocycles. The van der Waals surface area contributed by atoms with Crippen LogP contribution in [0.25, 0.3) is 11.3 Å². The van der Waals surface area contributed by atoms with E-state index in [9.17, 15) is 4.79 Å². The molecular formula is C29H33N5O2. The molecule has 1 saturated heterocycles. The molecule has 2 heterocycles. The molecule has 1 spiro atoms. The lowest BCUT2D eigenvalue weighted by atomic mass is 9.94. The molecule has 0 unspecified atom stereocenters. The Balaban J connectivity index is 1.29. The molecule has 0 radical (unpaired) electrons. The van der Waals surface area contributed by atoms with Crippen molar-refractivity contribution in [3.63, 3.8) is 0 Å². The molecule has 7 nitrogen and oxygen atoms in total. The summed E-state index contributed by atoms with van der Waals surface area (Å²) in [5.74, 6) is 1.35. The monoisotopic (exact) mass is 483 g/mol. The van der Waals surface area contributed by atoms with Gasteiger partial charge in [-0.2, -0.15) is 0 Å². The van der Waals surface area contributed by atoms with Gasteiger partial charge in [0.1, 0.15) is 11.5 Å². The van der Waals surface area contributed by atoms with E-state index in [1.165, 1.54) is 0 Å². The number of anilines is 1. The molecule has 1 atom stereocenters. The number of amides is 1. The van der Waals surface area contributed by atoms with Gasteiger partial charge in [0, 0.05) is 59.5 Å². The van der Waals surface area contributed by atoms with Gasteiger partial charge in [-0.25, -0.2) is 0 Å². The molecule has 1 saturated carbocycles. The summed E-state index contributed by atoms with van der Waals surface area (Å²) in [6.45, 7) is 5.82. The average Bonchev–Trinajstić information content (AvgIpc) is 3.53. The summed E-state index contributed by atoms with van der Waals surface area (Å²) in [6, 6.07) is 15.5. The minimum absolute atomic E-state index is 0.00782. The van der Waals surface area contributed by atoms with E-state index in [1.807, 2.05) is 62.5 Å². The molecule has 36 heavy (non-hydrogen) atoms. The van der Waals surface area contributed by atoms with Crippen LogP contribution in [0.1, 0.15) is 47.7 Å². The van der Waals surface area contributed by atoms with Gasteiger partial charge in [0.2, 0.25) is 0 Å². The number of aryl methyl sites for hydroxylation is 1. The number of hydrogen-bond donors (Lipinski definition) is 4. The number of carbonyl (C=O) groups excluding carboxylic acids is 1. The predicted molar refractivity (Wildman–Crippen MR) is 143 cm³/mol. The molecule has 186 valence electrons. The SMILES string of the molecule is CNc1cc(Oc2ccnc(-c3ccc(C(=O)N[C@@H]4CC45CCNCC5)c(C)c3)c2)ccc1C(C)=N. The Morgan fingerprint density at radius 3 is 2.56 bits per heavy atom. The first-order valence-corrected chi connectivity index (χ1v) is 12.5. The fourth-order valence-corrected chi connectivity index (χ4v) is 5.23. The smallest absolute Gasteiger partial charge is 0.251 e. The second-order valence-electron chi connectivity index (χ2n) is 9.93. The number of nitrogens with one attached hydrogen (secondary N) is 4. The number of piperidine rings is 1. The largest absolute Gasteiger partial charge is 0.457 e. The predicted octanol–water partition coefficient (Wildman–Crippen LogP) is 5.15. The minimum Gasteiger partial charge on any atom is -0.457 e. The van der Waals surface area contributed by atoms with Crippen LogP contribution in [0, 0.1) is 17.7 Å². The van der Waals surface area contributed by atoms with E-state index < -0.39 is 0 Å². The molecule has 2 aromatic carbocycles. The fourth-order valence-electron chi connectivity index (χ4n) is 5.23.